The molecule has 1 aliphatic carbocycles. The summed E-state index contributed by atoms with van der Waals surface area (Å²) in [6, 6.07) is 6.40. The third-order valence-corrected chi connectivity index (χ3v) is 6.27. The number of aliphatic hydroxyl groups excluding tert-OH is 1. The molecule has 0 bridgehead atoms. The first kappa shape index (κ1) is 17.5. The Bertz CT molecular complexity index is 709. The number of carbonyl (C=O) groups is 2. The van der Waals surface area contributed by atoms with Crippen LogP contribution in [0.15, 0.2) is 24.3 Å². The molecule has 3 fully saturated rings. The van der Waals surface area contributed by atoms with Crippen molar-refractivity contribution in [2.24, 2.45) is 11.3 Å². The van der Waals surface area contributed by atoms with E-state index in [-0.39, 0.29) is 35.1 Å². The summed E-state index contributed by atoms with van der Waals surface area (Å²) in [5, 5.41) is 9.39. The van der Waals surface area contributed by atoms with Gasteiger partial charge in [-0.3, -0.25) is 9.59 Å². The van der Waals surface area contributed by atoms with Crippen molar-refractivity contribution in [3.05, 3.63) is 35.6 Å². The number of hydrogen-bond donors (Lipinski definition) is 1. The molecule has 5 nitrogen and oxygen atoms in total. The van der Waals surface area contributed by atoms with Crippen molar-refractivity contribution >= 4 is 11.8 Å². The summed E-state index contributed by atoms with van der Waals surface area (Å²) in [6.45, 7) is 2.51. The number of likely N-dealkylation sites (tertiary alicyclic amines) is 2. The summed E-state index contributed by atoms with van der Waals surface area (Å²) < 4.78 is 13.4. The van der Waals surface area contributed by atoms with Crippen LogP contribution in [0.3, 0.4) is 0 Å². The lowest BCUT2D eigenvalue weighted by atomic mass is 9.76. The highest BCUT2D eigenvalue weighted by Gasteiger charge is 2.46. The Morgan fingerprint density at radius 3 is 2.65 bits per heavy atom. The highest BCUT2D eigenvalue weighted by atomic mass is 19.1. The predicted molar refractivity (Wildman–Crippen MR) is 93.4 cm³/mol. The molecule has 0 aromatic heterocycles. The van der Waals surface area contributed by atoms with E-state index in [9.17, 15) is 19.1 Å². The van der Waals surface area contributed by atoms with Gasteiger partial charge >= 0.3 is 0 Å². The molecule has 4 rings (SSSR count). The molecule has 2 aliphatic heterocycles. The Kier molecular flexibility index (Phi) is 4.47. The smallest absolute Gasteiger partial charge is 0.225 e. The quantitative estimate of drug-likeness (QED) is 0.896. The van der Waals surface area contributed by atoms with Crippen molar-refractivity contribution in [3.63, 3.8) is 0 Å². The molecule has 26 heavy (non-hydrogen) atoms. The van der Waals surface area contributed by atoms with Crippen LogP contribution in [0.25, 0.3) is 0 Å². The van der Waals surface area contributed by atoms with E-state index < -0.39 is 0 Å². The van der Waals surface area contributed by atoms with Crippen LogP contribution in [0.4, 0.5) is 4.39 Å². The van der Waals surface area contributed by atoms with Crippen LogP contribution < -0.4 is 0 Å². The van der Waals surface area contributed by atoms with E-state index in [0.29, 0.717) is 45.4 Å². The maximum Gasteiger partial charge on any atom is 0.225 e. The Balaban J connectivity index is 1.34. The van der Waals surface area contributed by atoms with Crippen LogP contribution in [-0.2, 0) is 16.1 Å². The Labute approximate surface area is 152 Å². The second-order valence-corrected chi connectivity index (χ2v) is 8.20. The summed E-state index contributed by atoms with van der Waals surface area (Å²) in [6.07, 6.45) is 3.04. The molecule has 1 aromatic rings. The first-order valence-corrected chi connectivity index (χ1v) is 9.43. The minimum Gasteiger partial charge on any atom is -0.393 e. The molecule has 2 saturated heterocycles. The lowest BCUT2D eigenvalue weighted by Gasteiger charge is -2.42. The minimum absolute atomic E-state index is 0.0197. The molecule has 0 radical (unpaired) electrons. The minimum atomic E-state index is -0.316. The van der Waals surface area contributed by atoms with Crippen molar-refractivity contribution in [1.29, 1.82) is 0 Å². The maximum absolute atomic E-state index is 13.4. The van der Waals surface area contributed by atoms with E-state index in [0.717, 1.165) is 18.4 Å². The van der Waals surface area contributed by atoms with Crippen LogP contribution in [0.1, 0.15) is 37.7 Å². The molecule has 0 unspecified atom stereocenters. The molecular weight excluding hydrogens is 335 g/mol. The third-order valence-electron chi connectivity index (χ3n) is 6.27. The number of amides is 2. The molecule has 2 amide bonds. The number of hydrogen-bond acceptors (Lipinski definition) is 3. The van der Waals surface area contributed by atoms with E-state index in [4.69, 9.17) is 0 Å². The summed E-state index contributed by atoms with van der Waals surface area (Å²) in [5.41, 5.74) is 0.756. The SMILES string of the molecule is O=C1CC2(CCN(C(=O)C3CC(O)C3)CC2)CN1Cc1cccc(F)c1. The van der Waals surface area contributed by atoms with Gasteiger partial charge in [0, 0.05) is 43.9 Å². The number of aliphatic hydroxyl groups is 1. The van der Waals surface area contributed by atoms with Gasteiger partial charge in [0.25, 0.3) is 0 Å². The second kappa shape index (κ2) is 6.65. The third kappa shape index (κ3) is 3.34. The first-order chi connectivity index (χ1) is 12.4. The van der Waals surface area contributed by atoms with Gasteiger partial charge in [0.15, 0.2) is 0 Å². The van der Waals surface area contributed by atoms with Crippen molar-refractivity contribution in [2.75, 3.05) is 19.6 Å². The Morgan fingerprint density at radius 1 is 1.27 bits per heavy atom. The molecule has 1 aromatic carbocycles. The monoisotopic (exact) mass is 360 g/mol. The van der Waals surface area contributed by atoms with Gasteiger partial charge in [-0.25, -0.2) is 4.39 Å². The summed E-state index contributed by atoms with van der Waals surface area (Å²) in [4.78, 5) is 28.6. The van der Waals surface area contributed by atoms with Gasteiger partial charge in [-0.1, -0.05) is 12.1 Å². The molecule has 2 heterocycles. The van der Waals surface area contributed by atoms with E-state index in [1.807, 2.05) is 15.9 Å². The van der Waals surface area contributed by atoms with Crippen LogP contribution in [0.5, 0.6) is 0 Å². The standard InChI is InChI=1S/C20H25FN2O3/c21-16-3-1-2-14(8-16)12-23-13-20(11-18(23)25)4-6-22(7-5-20)19(26)15-9-17(24)10-15/h1-3,8,15,17,24H,4-7,9-13H2. The highest BCUT2D eigenvalue weighted by molar-refractivity contribution is 5.81. The zero-order valence-corrected chi connectivity index (χ0v) is 14.9. The average molecular weight is 360 g/mol. The van der Waals surface area contributed by atoms with Gasteiger partial charge in [0.2, 0.25) is 11.8 Å². The van der Waals surface area contributed by atoms with E-state index in [1.165, 1.54) is 12.1 Å². The van der Waals surface area contributed by atoms with Crippen LogP contribution in [0, 0.1) is 17.2 Å². The van der Waals surface area contributed by atoms with Crippen LogP contribution in [-0.4, -0.2) is 52.5 Å². The first-order valence-electron chi connectivity index (χ1n) is 9.43. The van der Waals surface area contributed by atoms with E-state index in [1.54, 1.807) is 6.07 Å². The fourth-order valence-electron chi connectivity index (χ4n) is 4.57. The lowest BCUT2D eigenvalue weighted by Crippen LogP contribution is -2.49. The van der Waals surface area contributed by atoms with Gasteiger partial charge in [0.1, 0.15) is 5.82 Å². The van der Waals surface area contributed by atoms with E-state index >= 15 is 0 Å². The van der Waals surface area contributed by atoms with Gasteiger partial charge in [-0.2, -0.15) is 0 Å². The zero-order chi connectivity index (χ0) is 18.3. The fourth-order valence-corrected chi connectivity index (χ4v) is 4.57. The number of nitrogens with zero attached hydrogens (tertiary/aromatic N) is 2. The molecule has 0 atom stereocenters. The van der Waals surface area contributed by atoms with Gasteiger partial charge in [-0.15, -0.1) is 0 Å². The largest absolute Gasteiger partial charge is 0.393 e. The molecule has 3 aliphatic rings. The van der Waals surface area contributed by atoms with Crippen molar-refractivity contribution < 1.29 is 19.1 Å². The van der Waals surface area contributed by atoms with Crippen molar-refractivity contribution in [3.8, 4) is 0 Å². The van der Waals surface area contributed by atoms with E-state index in [2.05, 4.69) is 0 Å². The Hall–Kier alpha value is -1.95. The number of carbonyl (C=O) groups excluding carboxylic acids is 2. The topological polar surface area (TPSA) is 60.9 Å². The maximum atomic E-state index is 13.4. The van der Waals surface area contributed by atoms with Crippen molar-refractivity contribution in [1.82, 2.24) is 9.80 Å². The molecule has 1 saturated carbocycles. The summed E-state index contributed by atoms with van der Waals surface area (Å²) >= 11 is 0. The van der Waals surface area contributed by atoms with Crippen LogP contribution >= 0.6 is 0 Å². The molecule has 140 valence electrons. The fraction of sp³-hybridized carbons (Fsp3) is 0.600. The Morgan fingerprint density at radius 2 is 2.00 bits per heavy atom. The summed E-state index contributed by atoms with van der Waals surface area (Å²) in [5.74, 6) is -0.0206. The summed E-state index contributed by atoms with van der Waals surface area (Å²) in [7, 11) is 0. The van der Waals surface area contributed by atoms with Gasteiger partial charge in [-0.05, 0) is 43.4 Å². The molecular formula is C20H25FN2O3. The second-order valence-electron chi connectivity index (χ2n) is 8.20. The number of halogens is 1. The molecule has 6 heteroatoms. The average Bonchev–Trinajstić information content (AvgIpc) is 2.87. The van der Waals surface area contributed by atoms with Gasteiger partial charge < -0.3 is 14.9 Å². The predicted octanol–water partition coefficient (Wildman–Crippen LogP) is 1.94. The molecule has 1 spiro atoms. The normalized spacial score (nSPS) is 27.7. The number of rotatable bonds is 3. The number of piperidine rings is 1. The lowest BCUT2D eigenvalue weighted by molar-refractivity contribution is -0.144. The van der Waals surface area contributed by atoms with Crippen LogP contribution in [0.2, 0.25) is 0 Å². The zero-order valence-electron chi connectivity index (χ0n) is 14.9. The van der Waals surface area contributed by atoms with Gasteiger partial charge in [0.05, 0.1) is 6.10 Å². The molecule has 1 N–H and O–H groups in total. The number of benzene rings is 1. The van der Waals surface area contributed by atoms with Crippen molar-refractivity contribution in [2.45, 2.75) is 44.8 Å². The highest BCUT2D eigenvalue weighted by Crippen LogP contribution is 2.42.